The first kappa shape index (κ1) is 15.4. The summed E-state index contributed by atoms with van der Waals surface area (Å²) in [5.74, 6) is -3.79. The molecule has 0 radical (unpaired) electrons. The zero-order chi connectivity index (χ0) is 14.5. The number of carbonyl (C=O) groups excluding carboxylic acids is 1. The van der Waals surface area contributed by atoms with Crippen LogP contribution in [0.4, 0.5) is 0 Å². The smallest absolute Gasteiger partial charge is 0.336 e. The molecule has 4 N–H and O–H groups in total. The van der Waals surface area contributed by atoms with E-state index < -0.39 is 36.3 Å². The second kappa shape index (κ2) is 6.51. The fourth-order valence-electron chi connectivity index (χ4n) is 2.26. The number of carbonyl (C=O) groups is 3. The molecule has 7 heteroatoms. The second-order valence-electron chi connectivity index (χ2n) is 4.99. The van der Waals surface area contributed by atoms with Crippen molar-refractivity contribution in [3.8, 4) is 0 Å². The van der Waals surface area contributed by atoms with Crippen molar-refractivity contribution in [3.63, 3.8) is 0 Å². The van der Waals surface area contributed by atoms with E-state index in [1.165, 1.54) is 0 Å². The molecule has 0 saturated heterocycles. The van der Waals surface area contributed by atoms with Crippen LogP contribution >= 0.6 is 0 Å². The maximum absolute atomic E-state index is 11.7. The molecule has 0 aromatic rings. The summed E-state index contributed by atoms with van der Waals surface area (Å²) >= 11 is 0. The molecule has 1 aliphatic carbocycles. The molecule has 19 heavy (non-hydrogen) atoms. The van der Waals surface area contributed by atoms with Crippen LogP contribution in [0.15, 0.2) is 0 Å². The number of hydrogen-bond acceptors (Lipinski definition) is 4. The first-order valence-electron chi connectivity index (χ1n) is 6.30. The highest BCUT2D eigenvalue weighted by molar-refractivity contribution is 5.90. The number of carboxylic acid groups (broad SMARTS) is 2. The highest BCUT2D eigenvalue weighted by Crippen LogP contribution is 2.19. The lowest BCUT2D eigenvalue weighted by atomic mass is 9.93. The Morgan fingerprint density at radius 1 is 1.05 bits per heavy atom. The molecule has 1 amide bonds. The number of carboxylic acids is 2. The van der Waals surface area contributed by atoms with Gasteiger partial charge in [-0.25, -0.2) is 4.79 Å². The highest BCUT2D eigenvalue weighted by atomic mass is 16.4. The van der Waals surface area contributed by atoms with Gasteiger partial charge in [-0.2, -0.15) is 0 Å². The summed E-state index contributed by atoms with van der Waals surface area (Å²) < 4.78 is 0. The van der Waals surface area contributed by atoms with E-state index in [1.54, 1.807) is 0 Å². The topological polar surface area (TPSA) is 124 Å². The lowest BCUT2D eigenvalue weighted by Crippen LogP contribution is -2.47. The summed E-state index contributed by atoms with van der Waals surface area (Å²) in [6.07, 6.45) is 3.04. The Bertz CT molecular complexity index is 363. The van der Waals surface area contributed by atoms with Crippen molar-refractivity contribution in [3.05, 3.63) is 0 Å². The van der Waals surface area contributed by atoms with Gasteiger partial charge in [0.2, 0.25) is 5.91 Å². The molecule has 1 atom stereocenters. The standard InChI is InChI=1S/C12H19NO6/c14-9(13-8-4-2-1-3-5-8)6-12(19,11(17)18)7-10(15)16/h8,19H,1-7H2,(H,13,14)(H,15,16)(H,17,18). The number of aliphatic hydroxyl groups is 1. The molecule has 0 heterocycles. The van der Waals surface area contributed by atoms with Gasteiger partial charge in [-0.05, 0) is 12.8 Å². The van der Waals surface area contributed by atoms with E-state index in [0.29, 0.717) is 0 Å². The van der Waals surface area contributed by atoms with Gasteiger partial charge in [0, 0.05) is 6.04 Å². The van der Waals surface area contributed by atoms with Crippen molar-refractivity contribution in [2.45, 2.75) is 56.6 Å². The first-order valence-corrected chi connectivity index (χ1v) is 6.30. The van der Waals surface area contributed by atoms with E-state index in [9.17, 15) is 19.5 Å². The van der Waals surface area contributed by atoms with Crippen LogP contribution in [0.3, 0.4) is 0 Å². The number of aliphatic carboxylic acids is 2. The fraction of sp³-hybridized carbons (Fsp3) is 0.750. The average molecular weight is 273 g/mol. The molecular formula is C12H19NO6. The lowest BCUT2D eigenvalue weighted by Gasteiger charge is -2.25. The van der Waals surface area contributed by atoms with E-state index in [4.69, 9.17) is 10.2 Å². The van der Waals surface area contributed by atoms with Gasteiger partial charge in [0.15, 0.2) is 5.60 Å². The molecular weight excluding hydrogens is 254 g/mol. The largest absolute Gasteiger partial charge is 0.481 e. The Labute approximate surface area is 110 Å². The predicted molar refractivity (Wildman–Crippen MR) is 64.5 cm³/mol. The van der Waals surface area contributed by atoms with Crippen LogP contribution in [0, 0.1) is 0 Å². The van der Waals surface area contributed by atoms with Crippen LogP contribution in [0.25, 0.3) is 0 Å². The molecule has 1 rings (SSSR count). The van der Waals surface area contributed by atoms with Gasteiger partial charge in [-0.3, -0.25) is 9.59 Å². The molecule has 0 aromatic carbocycles. The van der Waals surface area contributed by atoms with Gasteiger partial charge in [0.05, 0.1) is 12.8 Å². The number of nitrogens with one attached hydrogen (secondary N) is 1. The van der Waals surface area contributed by atoms with E-state index >= 15 is 0 Å². The quantitative estimate of drug-likeness (QED) is 0.544. The van der Waals surface area contributed by atoms with Crippen LogP contribution in [0.1, 0.15) is 44.9 Å². The number of rotatable bonds is 6. The van der Waals surface area contributed by atoms with Crippen molar-refractivity contribution in [2.75, 3.05) is 0 Å². The summed E-state index contributed by atoms with van der Waals surface area (Å²) in [6, 6.07) is -0.0101. The Kier molecular flexibility index (Phi) is 5.29. The van der Waals surface area contributed by atoms with Crippen LogP contribution in [-0.2, 0) is 14.4 Å². The number of amides is 1. The van der Waals surface area contributed by atoms with Gasteiger partial charge >= 0.3 is 11.9 Å². The average Bonchev–Trinajstić information content (AvgIpc) is 2.28. The minimum absolute atomic E-state index is 0.0101. The molecule has 1 saturated carbocycles. The van der Waals surface area contributed by atoms with Crippen LogP contribution < -0.4 is 5.32 Å². The summed E-state index contributed by atoms with van der Waals surface area (Å²) in [5, 5.41) is 29.8. The third-order valence-electron chi connectivity index (χ3n) is 3.27. The van der Waals surface area contributed by atoms with Crippen molar-refractivity contribution in [2.24, 2.45) is 0 Å². The van der Waals surface area contributed by atoms with Crippen LogP contribution in [0.5, 0.6) is 0 Å². The Morgan fingerprint density at radius 2 is 1.63 bits per heavy atom. The molecule has 0 aliphatic heterocycles. The molecule has 0 bridgehead atoms. The normalized spacial score (nSPS) is 19.4. The first-order chi connectivity index (χ1) is 8.83. The maximum atomic E-state index is 11.7. The number of hydrogen-bond donors (Lipinski definition) is 4. The summed E-state index contributed by atoms with van der Waals surface area (Å²) in [6.45, 7) is 0. The monoisotopic (exact) mass is 273 g/mol. The van der Waals surface area contributed by atoms with Gasteiger partial charge in [-0.1, -0.05) is 19.3 Å². The zero-order valence-electron chi connectivity index (χ0n) is 10.6. The van der Waals surface area contributed by atoms with E-state index in [0.717, 1.165) is 32.1 Å². The molecule has 0 aromatic heterocycles. The summed E-state index contributed by atoms with van der Waals surface area (Å²) in [7, 11) is 0. The molecule has 0 spiro atoms. The predicted octanol–water partition coefficient (Wildman–Crippen LogP) is 0.116. The molecule has 7 nitrogen and oxygen atoms in total. The fourth-order valence-corrected chi connectivity index (χ4v) is 2.26. The van der Waals surface area contributed by atoms with Crippen molar-refractivity contribution >= 4 is 17.8 Å². The van der Waals surface area contributed by atoms with Crippen LogP contribution in [0.2, 0.25) is 0 Å². The lowest BCUT2D eigenvalue weighted by molar-refractivity contribution is -0.167. The van der Waals surface area contributed by atoms with Gasteiger partial charge < -0.3 is 20.6 Å². The Hall–Kier alpha value is -1.63. The Morgan fingerprint density at radius 3 is 2.11 bits per heavy atom. The Balaban J connectivity index is 2.55. The van der Waals surface area contributed by atoms with Crippen LogP contribution in [-0.4, -0.2) is 44.8 Å². The third-order valence-corrected chi connectivity index (χ3v) is 3.27. The maximum Gasteiger partial charge on any atom is 0.336 e. The third kappa shape index (κ3) is 4.86. The van der Waals surface area contributed by atoms with Crippen molar-refractivity contribution in [1.29, 1.82) is 0 Å². The molecule has 1 fully saturated rings. The molecule has 108 valence electrons. The van der Waals surface area contributed by atoms with E-state index in [1.807, 2.05) is 0 Å². The summed E-state index contributed by atoms with van der Waals surface area (Å²) in [4.78, 5) is 33.1. The van der Waals surface area contributed by atoms with Crippen molar-refractivity contribution < 1.29 is 29.7 Å². The van der Waals surface area contributed by atoms with Gasteiger partial charge in [-0.15, -0.1) is 0 Å². The highest BCUT2D eigenvalue weighted by Gasteiger charge is 2.41. The molecule has 1 aliphatic rings. The van der Waals surface area contributed by atoms with E-state index in [2.05, 4.69) is 5.32 Å². The van der Waals surface area contributed by atoms with Gasteiger partial charge in [0.25, 0.3) is 0 Å². The van der Waals surface area contributed by atoms with Crippen molar-refractivity contribution in [1.82, 2.24) is 5.32 Å². The molecule has 1 unspecified atom stereocenters. The second-order valence-corrected chi connectivity index (χ2v) is 4.99. The zero-order valence-corrected chi connectivity index (χ0v) is 10.6. The SMILES string of the molecule is O=C(O)CC(O)(CC(=O)NC1CCCCC1)C(=O)O. The van der Waals surface area contributed by atoms with Gasteiger partial charge in [0.1, 0.15) is 0 Å². The minimum atomic E-state index is -2.55. The van der Waals surface area contributed by atoms with E-state index in [-0.39, 0.29) is 6.04 Å². The summed E-state index contributed by atoms with van der Waals surface area (Å²) in [5.41, 5.74) is -2.55. The minimum Gasteiger partial charge on any atom is -0.481 e.